The number of para-hydroxylation sites is 1. The maximum absolute atomic E-state index is 12.4. The van der Waals surface area contributed by atoms with Gasteiger partial charge >= 0.3 is 6.03 Å². The van der Waals surface area contributed by atoms with Crippen LogP contribution in [0.25, 0.3) is 10.9 Å². The molecule has 0 bridgehead atoms. The third-order valence-electron chi connectivity index (χ3n) is 5.23. The number of nitrogens with zero attached hydrogens (tertiary/aromatic N) is 2. The van der Waals surface area contributed by atoms with Crippen LogP contribution < -0.4 is 10.1 Å². The minimum absolute atomic E-state index is 0.0192. The van der Waals surface area contributed by atoms with Gasteiger partial charge in [-0.1, -0.05) is 37.5 Å². The smallest absolute Gasteiger partial charge is 0.317 e. The number of benzene rings is 1. The molecule has 1 aliphatic heterocycles. The van der Waals surface area contributed by atoms with E-state index in [9.17, 15) is 4.79 Å². The summed E-state index contributed by atoms with van der Waals surface area (Å²) in [6.07, 6.45) is 6.85. The van der Waals surface area contributed by atoms with E-state index in [0.717, 1.165) is 36.7 Å². The first-order chi connectivity index (χ1) is 12.3. The summed E-state index contributed by atoms with van der Waals surface area (Å²) >= 11 is 0. The van der Waals surface area contributed by atoms with Gasteiger partial charge in [0.25, 0.3) is 0 Å². The number of hydrogen-bond acceptors (Lipinski definition) is 3. The molecule has 1 N–H and O–H groups in total. The van der Waals surface area contributed by atoms with Crippen molar-refractivity contribution >= 4 is 16.9 Å². The topological polar surface area (TPSA) is 54.5 Å². The molecule has 1 saturated carbocycles. The largest absolute Gasteiger partial charge is 0.472 e. The first-order valence-corrected chi connectivity index (χ1v) is 9.36. The van der Waals surface area contributed by atoms with E-state index in [1.807, 2.05) is 41.3 Å². The van der Waals surface area contributed by atoms with Gasteiger partial charge in [-0.2, -0.15) is 0 Å². The standard InChI is InChI=1S/C20H25N3O2/c24-20(21-16-7-2-1-3-8-16)23-13-12-17(14-23)25-19-11-10-15-6-4-5-9-18(15)22-19/h4-6,9-11,16-17H,1-3,7-8,12-14H2,(H,21,24). The van der Waals surface area contributed by atoms with E-state index in [4.69, 9.17) is 4.74 Å². The van der Waals surface area contributed by atoms with Crippen molar-refractivity contribution in [1.82, 2.24) is 15.2 Å². The number of rotatable bonds is 3. The number of fused-ring (bicyclic) bond motifs is 1. The number of amides is 2. The summed E-state index contributed by atoms with van der Waals surface area (Å²) in [6, 6.07) is 12.4. The summed E-state index contributed by atoms with van der Waals surface area (Å²) in [5, 5.41) is 4.29. The molecule has 1 atom stereocenters. The molecule has 25 heavy (non-hydrogen) atoms. The third kappa shape index (κ3) is 3.86. The molecule has 2 fully saturated rings. The van der Waals surface area contributed by atoms with Gasteiger partial charge in [-0.05, 0) is 25.0 Å². The number of pyridine rings is 1. The Hall–Kier alpha value is -2.30. The Bertz CT molecular complexity index is 743. The number of carbonyl (C=O) groups excluding carboxylic acids is 1. The molecular formula is C20H25N3O2. The van der Waals surface area contributed by atoms with Crippen molar-refractivity contribution in [3.05, 3.63) is 36.4 Å². The van der Waals surface area contributed by atoms with E-state index in [1.165, 1.54) is 19.3 Å². The summed E-state index contributed by atoms with van der Waals surface area (Å²) in [7, 11) is 0. The second-order valence-electron chi connectivity index (χ2n) is 7.10. The molecular weight excluding hydrogens is 314 g/mol. The zero-order valence-electron chi connectivity index (χ0n) is 14.5. The highest BCUT2D eigenvalue weighted by Gasteiger charge is 2.29. The average molecular weight is 339 g/mol. The first-order valence-electron chi connectivity index (χ1n) is 9.36. The quantitative estimate of drug-likeness (QED) is 0.927. The highest BCUT2D eigenvalue weighted by atomic mass is 16.5. The number of carbonyl (C=O) groups is 1. The van der Waals surface area contributed by atoms with Crippen molar-refractivity contribution in [1.29, 1.82) is 0 Å². The third-order valence-corrected chi connectivity index (χ3v) is 5.23. The Kier molecular flexibility index (Phi) is 4.72. The maximum atomic E-state index is 12.4. The van der Waals surface area contributed by atoms with Gasteiger partial charge in [0.1, 0.15) is 6.10 Å². The van der Waals surface area contributed by atoms with E-state index in [-0.39, 0.29) is 12.1 Å². The molecule has 1 aromatic carbocycles. The van der Waals surface area contributed by atoms with Crippen LogP contribution in [0.3, 0.4) is 0 Å². The van der Waals surface area contributed by atoms with Crippen molar-refractivity contribution in [2.75, 3.05) is 13.1 Å². The Morgan fingerprint density at radius 3 is 2.80 bits per heavy atom. The molecule has 0 radical (unpaired) electrons. The normalized spacial score (nSPS) is 21.4. The molecule has 1 aromatic heterocycles. The molecule has 2 aliphatic rings. The molecule has 0 spiro atoms. The van der Waals surface area contributed by atoms with Crippen LogP contribution in [0.2, 0.25) is 0 Å². The molecule has 1 aliphatic carbocycles. The van der Waals surface area contributed by atoms with Crippen LogP contribution in [0.1, 0.15) is 38.5 Å². The minimum Gasteiger partial charge on any atom is -0.472 e. The predicted octanol–water partition coefficient (Wildman–Crippen LogP) is 3.73. The summed E-state index contributed by atoms with van der Waals surface area (Å²) in [4.78, 5) is 18.9. The fourth-order valence-electron chi connectivity index (χ4n) is 3.81. The Morgan fingerprint density at radius 2 is 1.92 bits per heavy atom. The van der Waals surface area contributed by atoms with Crippen molar-refractivity contribution in [2.24, 2.45) is 0 Å². The predicted molar refractivity (Wildman–Crippen MR) is 97.8 cm³/mol. The summed E-state index contributed by atoms with van der Waals surface area (Å²) in [5.74, 6) is 0.637. The van der Waals surface area contributed by atoms with E-state index >= 15 is 0 Å². The number of likely N-dealkylation sites (tertiary alicyclic amines) is 1. The fraction of sp³-hybridized carbons (Fsp3) is 0.500. The van der Waals surface area contributed by atoms with Crippen LogP contribution in [0.5, 0.6) is 5.88 Å². The number of aromatic nitrogens is 1. The van der Waals surface area contributed by atoms with Gasteiger partial charge in [-0.25, -0.2) is 9.78 Å². The highest BCUT2D eigenvalue weighted by molar-refractivity contribution is 5.78. The number of ether oxygens (including phenoxy) is 1. The van der Waals surface area contributed by atoms with Crippen molar-refractivity contribution in [3.8, 4) is 5.88 Å². The van der Waals surface area contributed by atoms with Crippen molar-refractivity contribution in [2.45, 2.75) is 50.7 Å². The van der Waals surface area contributed by atoms with E-state index < -0.39 is 0 Å². The van der Waals surface area contributed by atoms with E-state index in [0.29, 0.717) is 18.5 Å². The van der Waals surface area contributed by atoms with E-state index in [1.54, 1.807) is 0 Å². The lowest BCUT2D eigenvalue weighted by Crippen LogP contribution is -2.45. The lowest BCUT2D eigenvalue weighted by atomic mass is 9.96. The fourth-order valence-corrected chi connectivity index (χ4v) is 3.81. The Morgan fingerprint density at radius 1 is 1.08 bits per heavy atom. The summed E-state index contributed by atoms with van der Waals surface area (Å²) in [6.45, 7) is 1.38. The van der Waals surface area contributed by atoms with Gasteiger partial charge < -0.3 is 15.0 Å². The van der Waals surface area contributed by atoms with Crippen LogP contribution in [0.4, 0.5) is 4.79 Å². The van der Waals surface area contributed by atoms with Gasteiger partial charge in [0.15, 0.2) is 0 Å². The highest BCUT2D eigenvalue weighted by Crippen LogP contribution is 2.21. The monoisotopic (exact) mass is 339 g/mol. The molecule has 1 saturated heterocycles. The van der Waals surface area contributed by atoms with Gasteiger partial charge in [0.05, 0.1) is 12.1 Å². The average Bonchev–Trinajstić information content (AvgIpc) is 3.11. The molecule has 132 valence electrons. The van der Waals surface area contributed by atoms with Crippen LogP contribution >= 0.6 is 0 Å². The molecule has 4 rings (SSSR count). The van der Waals surface area contributed by atoms with Crippen LogP contribution in [-0.2, 0) is 0 Å². The SMILES string of the molecule is O=C(NC1CCCCC1)N1CCC(Oc2ccc3ccccc3n2)C1. The van der Waals surface area contributed by atoms with Gasteiger partial charge in [0.2, 0.25) is 5.88 Å². The van der Waals surface area contributed by atoms with Gasteiger partial charge in [-0.15, -0.1) is 0 Å². The zero-order valence-corrected chi connectivity index (χ0v) is 14.5. The summed E-state index contributed by atoms with van der Waals surface area (Å²) < 4.78 is 6.02. The molecule has 5 heteroatoms. The van der Waals surface area contributed by atoms with Crippen LogP contribution in [-0.4, -0.2) is 41.2 Å². The zero-order chi connectivity index (χ0) is 17.1. The van der Waals surface area contributed by atoms with Gasteiger partial charge in [0, 0.05) is 30.5 Å². The Labute approximate surface area is 148 Å². The second kappa shape index (κ2) is 7.30. The van der Waals surface area contributed by atoms with Crippen molar-refractivity contribution < 1.29 is 9.53 Å². The first kappa shape index (κ1) is 16.2. The molecule has 5 nitrogen and oxygen atoms in total. The second-order valence-corrected chi connectivity index (χ2v) is 7.10. The number of urea groups is 1. The lowest BCUT2D eigenvalue weighted by molar-refractivity contribution is 0.179. The van der Waals surface area contributed by atoms with Crippen LogP contribution in [0.15, 0.2) is 36.4 Å². The molecule has 2 amide bonds. The van der Waals surface area contributed by atoms with Crippen molar-refractivity contribution in [3.63, 3.8) is 0 Å². The molecule has 2 aromatic rings. The lowest BCUT2D eigenvalue weighted by Gasteiger charge is -2.26. The minimum atomic E-state index is 0.0192. The maximum Gasteiger partial charge on any atom is 0.317 e. The number of nitrogens with one attached hydrogen (secondary N) is 1. The van der Waals surface area contributed by atoms with Gasteiger partial charge in [-0.3, -0.25) is 0 Å². The summed E-state index contributed by atoms with van der Waals surface area (Å²) in [5.41, 5.74) is 0.935. The molecule has 1 unspecified atom stereocenters. The van der Waals surface area contributed by atoms with E-state index in [2.05, 4.69) is 10.3 Å². The number of hydrogen-bond donors (Lipinski definition) is 1. The molecule has 2 heterocycles. The Balaban J connectivity index is 1.32. The van der Waals surface area contributed by atoms with Crippen LogP contribution in [0, 0.1) is 0 Å².